The molecule has 0 saturated carbocycles. The van der Waals surface area contributed by atoms with Crippen LogP contribution in [-0.2, 0) is 14.4 Å². The highest BCUT2D eigenvalue weighted by Crippen LogP contribution is 2.48. The molecule has 0 bridgehead atoms. The van der Waals surface area contributed by atoms with E-state index in [4.69, 9.17) is 9.57 Å². The molecule has 33 heavy (non-hydrogen) atoms. The first-order chi connectivity index (χ1) is 16.0. The Morgan fingerprint density at radius 1 is 0.879 bits per heavy atom. The van der Waals surface area contributed by atoms with Crippen LogP contribution in [0.15, 0.2) is 91.0 Å². The average Bonchev–Trinajstić information content (AvgIpc) is 3.22. The zero-order chi connectivity index (χ0) is 23.0. The molecule has 0 aliphatic carbocycles. The van der Waals surface area contributed by atoms with Gasteiger partial charge in [-0.1, -0.05) is 78.9 Å². The molecule has 3 unspecified atom stereocenters. The van der Waals surface area contributed by atoms with E-state index in [1.165, 1.54) is 4.90 Å². The predicted octanol–water partition coefficient (Wildman–Crippen LogP) is 4.29. The van der Waals surface area contributed by atoms with Gasteiger partial charge in [0.1, 0.15) is 11.6 Å². The summed E-state index contributed by atoms with van der Waals surface area (Å²) in [7, 11) is 0. The second-order valence-electron chi connectivity index (χ2n) is 8.30. The topological polar surface area (TPSA) is 76.2 Å². The maximum absolute atomic E-state index is 13.2. The molecule has 2 fully saturated rings. The number of amides is 2. The summed E-state index contributed by atoms with van der Waals surface area (Å²) < 4.78 is 5.79. The van der Waals surface area contributed by atoms with Gasteiger partial charge < -0.3 is 9.57 Å². The first kappa shape index (κ1) is 20.8. The van der Waals surface area contributed by atoms with E-state index in [1.54, 1.807) is 37.3 Å². The number of benzene rings is 3. The van der Waals surface area contributed by atoms with Crippen molar-refractivity contribution in [1.82, 2.24) is 9.96 Å². The minimum atomic E-state index is -1.21. The van der Waals surface area contributed by atoms with Crippen molar-refractivity contribution in [3.05, 3.63) is 108 Å². The van der Waals surface area contributed by atoms with Crippen LogP contribution in [0.4, 0.5) is 4.79 Å². The molecule has 7 heteroatoms. The molecule has 0 radical (unpaired) electrons. The summed E-state index contributed by atoms with van der Waals surface area (Å²) in [5.41, 5.74) is 0.819. The third-order valence-corrected chi connectivity index (χ3v) is 6.13. The Labute approximate surface area is 191 Å². The molecule has 0 N–H and O–H groups in total. The molecular weight excluding hydrogens is 420 g/mol. The molecule has 3 atom stereocenters. The first-order valence-electron chi connectivity index (χ1n) is 10.7. The molecule has 0 spiro atoms. The van der Waals surface area contributed by atoms with Crippen molar-refractivity contribution in [2.75, 3.05) is 6.54 Å². The van der Waals surface area contributed by atoms with Crippen molar-refractivity contribution < 1.29 is 24.0 Å². The highest BCUT2D eigenvalue weighted by atomic mass is 16.7. The zero-order valence-electron chi connectivity index (χ0n) is 18.0. The summed E-state index contributed by atoms with van der Waals surface area (Å²) in [6, 6.07) is 26.9. The van der Waals surface area contributed by atoms with E-state index in [0.717, 1.165) is 16.2 Å². The van der Waals surface area contributed by atoms with Crippen molar-refractivity contribution in [3.8, 4) is 0 Å². The van der Waals surface area contributed by atoms with Crippen molar-refractivity contribution in [2.45, 2.75) is 24.6 Å². The Morgan fingerprint density at radius 3 is 2.00 bits per heavy atom. The van der Waals surface area contributed by atoms with Crippen molar-refractivity contribution in [3.63, 3.8) is 0 Å². The largest absolute Gasteiger partial charge is 0.439 e. The van der Waals surface area contributed by atoms with E-state index in [1.807, 2.05) is 60.7 Å². The highest BCUT2D eigenvalue weighted by molar-refractivity contribution is 5.97. The molecule has 7 nitrogen and oxygen atoms in total. The lowest BCUT2D eigenvalue weighted by Gasteiger charge is -2.49. The Kier molecular flexibility index (Phi) is 5.09. The molecule has 2 heterocycles. The van der Waals surface area contributed by atoms with Gasteiger partial charge in [-0.15, -0.1) is 0 Å². The number of β-lactam (4-membered cyclic amide) rings is 1. The molecule has 3 aromatic carbocycles. The number of cyclic esters (lactones) is 1. The molecule has 2 saturated heterocycles. The fourth-order valence-electron chi connectivity index (χ4n) is 4.43. The Hall–Kier alpha value is -4.13. The number of carbonyl (C=O) groups is 3. The van der Waals surface area contributed by atoms with Crippen LogP contribution in [0.1, 0.15) is 40.6 Å². The predicted molar refractivity (Wildman–Crippen MR) is 119 cm³/mol. The Balaban J connectivity index is 1.43. The lowest BCUT2D eigenvalue weighted by atomic mass is 9.86. The smallest absolute Gasteiger partial charge is 0.412 e. The fourth-order valence-corrected chi connectivity index (χ4v) is 4.43. The number of rotatable bonds is 5. The minimum Gasteiger partial charge on any atom is -0.439 e. The van der Waals surface area contributed by atoms with Gasteiger partial charge in [-0.2, -0.15) is 5.06 Å². The van der Waals surface area contributed by atoms with Crippen molar-refractivity contribution in [2.24, 2.45) is 0 Å². The van der Waals surface area contributed by atoms with Crippen LogP contribution in [0.2, 0.25) is 0 Å². The van der Waals surface area contributed by atoms with Gasteiger partial charge in [0.2, 0.25) is 0 Å². The number of carbonyl (C=O) groups excluding carboxylic acids is 3. The van der Waals surface area contributed by atoms with E-state index in [-0.39, 0.29) is 6.54 Å². The number of hydrogen-bond acceptors (Lipinski definition) is 5. The van der Waals surface area contributed by atoms with E-state index in [2.05, 4.69) is 0 Å². The van der Waals surface area contributed by atoms with Crippen molar-refractivity contribution >= 4 is 18.0 Å². The third-order valence-electron chi connectivity index (χ3n) is 6.13. The van der Waals surface area contributed by atoms with Crippen LogP contribution < -0.4 is 0 Å². The quantitative estimate of drug-likeness (QED) is 0.551. The van der Waals surface area contributed by atoms with Gasteiger partial charge in [0.05, 0.1) is 12.1 Å². The molecule has 166 valence electrons. The fraction of sp³-hybridized carbons (Fsp3) is 0.192. The van der Waals surface area contributed by atoms with Crippen LogP contribution in [-0.4, -0.2) is 40.0 Å². The van der Waals surface area contributed by atoms with E-state index < -0.39 is 35.7 Å². The summed E-state index contributed by atoms with van der Waals surface area (Å²) in [6.45, 7) is 1.72. The van der Waals surface area contributed by atoms with Gasteiger partial charge in [0, 0.05) is 0 Å². The number of nitrogens with zero attached hydrogens (tertiary/aromatic N) is 2. The average molecular weight is 442 g/mol. The lowest BCUT2D eigenvalue weighted by Crippen LogP contribution is -2.73. The van der Waals surface area contributed by atoms with E-state index in [9.17, 15) is 14.4 Å². The highest BCUT2D eigenvalue weighted by Gasteiger charge is 2.62. The van der Waals surface area contributed by atoms with Crippen LogP contribution >= 0.6 is 0 Å². The summed E-state index contributed by atoms with van der Waals surface area (Å²) in [5, 5.41) is 1.00. The third kappa shape index (κ3) is 3.51. The number of hydroxylamine groups is 2. The molecule has 2 amide bonds. The Bertz CT molecular complexity index is 1190. The molecule has 5 rings (SSSR count). The normalized spacial score (nSPS) is 24.3. The van der Waals surface area contributed by atoms with Crippen LogP contribution in [0, 0.1) is 0 Å². The van der Waals surface area contributed by atoms with Gasteiger partial charge in [-0.3, -0.25) is 9.69 Å². The van der Waals surface area contributed by atoms with E-state index >= 15 is 0 Å². The maximum Gasteiger partial charge on any atom is 0.412 e. The molecule has 2 aliphatic heterocycles. The standard InChI is InChI=1S/C26H22N2O5/c1-26(17-27(24(26)30)33-23(29)20-15-9-4-10-16-20)28-21(18-11-5-2-6-12-18)22(32-25(28)31)19-13-7-3-8-14-19/h2-16,21-22H,17H2,1H3. The number of ether oxygens (including phenoxy) is 1. The molecule has 3 aromatic rings. The van der Waals surface area contributed by atoms with Gasteiger partial charge in [0.25, 0.3) is 5.91 Å². The molecule has 0 aromatic heterocycles. The summed E-state index contributed by atoms with van der Waals surface area (Å²) >= 11 is 0. The van der Waals surface area contributed by atoms with E-state index in [0.29, 0.717) is 5.56 Å². The summed E-state index contributed by atoms with van der Waals surface area (Å²) in [6.07, 6.45) is -1.16. The summed E-state index contributed by atoms with van der Waals surface area (Å²) in [5.74, 6) is -1.10. The van der Waals surface area contributed by atoms with Crippen LogP contribution in [0.3, 0.4) is 0 Å². The second-order valence-corrected chi connectivity index (χ2v) is 8.30. The zero-order valence-corrected chi connectivity index (χ0v) is 18.0. The lowest BCUT2D eigenvalue weighted by molar-refractivity contribution is -0.214. The second kappa shape index (κ2) is 8.09. The maximum atomic E-state index is 13.2. The first-order valence-corrected chi connectivity index (χ1v) is 10.7. The summed E-state index contributed by atoms with van der Waals surface area (Å²) in [4.78, 5) is 45.5. The van der Waals surface area contributed by atoms with Gasteiger partial charge in [-0.25, -0.2) is 9.59 Å². The molecular formula is C26H22N2O5. The van der Waals surface area contributed by atoms with Crippen LogP contribution in [0.5, 0.6) is 0 Å². The number of hydrogen-bond donors (Lipinski definition) is 0. The van der Waals surface area contributed by atoms with Crippen LogP contribution in [0.25, 0.3) is 0 Å². The van der Waals surface area contributed by atoms with Crippen molar-refractivity contribution in [1.29, 1.82) is 0 Å². The Morgan fingerprint density at radius 2 is 1.42 bits per heavy atom. The molecule has 2 aliphatic rings. The van der Waals surface area contributed by atoms with Gasteiger partial charge in [0.15, 0.2) is 6.10 Å². The minimum absolute atomic E-state index is 0.0460. The SMILES string of the molecule is CC1(N2C(=O)OC(c3ccccc3)C2c2ccccc2)CN(OC(=O)c2ccccc2)C1=O. The van der Waals surface area contributed by atoms with Gasteiger partial charge >= 0.3 is 12.1 Å². The van der Waals surface area contributed by atoms with Gasteiger partial charge in [-0.05, 0) is 30.2 Å². The monoisotopic (exact) mass is 442 g/mol.